The summed E-state index contributed by atoms with van der Waals surface area (Å²) in [7, 11) is 0. The molecule has 0 spiro atoms. The van der Waals surface area contributed by atoms with Gasteiger partial charge >= 0.3 is 0 Å². The van der Waals surface area contributed by atoms with Crippen LogP contribution in [-0.4, -0.2) is 23.1 Å². The molecule has 0 fully saturated rings. The zero-order chi connectivity index (χ0) is 13.7. The molecule has 1 heterocycles. The van der Waals surface area contributed by atoms with Crippen molar-refractivity contribution in [2.45, 2.75) is 13.8 Å². The van der Waals surface area contributed by atoms with Crippen molar-refractivity contribution in [3.63, 3.8) is 0 Å². The van der Waals surface area contributed by atoms with Gasteiger partial charge in [0.15, 0.2) is 0 Å². The Bertz CT molecular complexity index is 522. The van der Waals surface area contributed by atoms with Gasteiger partial charge in [0.05, 0.1) is 0 Å². The van der Waals surface area contributed by atoms with Gasteiger partial charge in [-0.2, -0.15) is 0 Å². The molecule has 4 nitrogen and oxygen atoms in total. The number of anilines is 1. The molecule has 0 aliphatic carbocycles. The summed E-state index contributed by atoms with van der Waals surface area (Å²) in [5, 5.41) is 3.19. The van der Waals surface area contributed by atoms with Crippen LogP contribution in [0.2, 0.25) is 0 Å². The molecule has 2 aromatic rings. The molecule has 0 aliphatic heterocycles. The number of aryl methyl sites for hydroxylation is 1. The Kier molecular flexibility index (Phi) is 4.47. The van der Waals surface area contributed by atoms with E-state index < -0.39 is 0 Å². The highest BCUT2D eigenvalue weighted by molar-refractivity contribution is 5.65. The number of hydrogen-bond acceptors (Lipinski definition) is 4. The Hall–Kier alpha value is -1.94. The van der Waals surface area contributed by atoms with Crippen LogP contribution in [-0.2, 0) is 0 Å². The van der Waals surface area contributed by atoms with E-state index in [4.69, 9.17) is 5.73 Å². The Morgan fingerprint density at radius 3 is 2.53 bits per heavy atom. The third kappa shape index (κ3) is 3.51. The van der Waals surface area contributed by atoms with Crippen molar-refractivity contribution in [3.05, 3.63) is 42.2 Å². The zero-order valence-corrected chi connectivity index (χ0v) is 11.4. The second kappa shape index (κ2) is 6.29. The highest BCUT2D eigenvalue weighted by Gasteiger charge is 2.04. The molecule has 19 heavy (non-hydrogen) atoms. The van der Waals surface area contributed by atoms with Gasteiger partial charge in [0.2, 0.25) is 5.95 Å². The predicted molar refractivity (Wildman–Crippen MR) is 78.9 cm³/mol. The summed E-state index contributed by atoms with van der Waals surface area (Å²) >= 11 is 0. The van der Waals surface area contributed by atoms with Gasteiger partial charge in [-0.05, 0) is 30.5 Å². The first-order valence-corrected chi connectivity index (χ1v) is 6.52. The van der Waals surface area contributed by atoms with E-state index >= 15 is 0 Å². The molecule has 0 bridgehead atoms. The van der Waals surface area contributed by atoms with Crippen LogP contribution in [0.4, 0.5) is 5.95 Å². The summed E-state index contributed by atoms with van der Waals surface area (Å²) in [6.07, 6.45) is 3.70. The minimum Gasteiger partial charge on any atom is -0.354 e. The molecular weight excluding hydrogens is 236 g/mol. The lowest BCUT2D eigenvalue weighted by Crippen LogP contribution is -2.20. The highest BCUT2D eigenvalue weighted by atomic mass is 15.1. The summed E-state index contributed by atoms with van der Waals surface area (Å²) in [6.45, 7) is 5.63. The fourth-order valence-electron chi connectivity index (χ4n) is 1.80. The van der Waals surface area contributed by atoms with Crippen molar-refractivity contribution < 1.29 is 0 Å². The lowest BCUT2D eigenvalue weighted by molar-refractivity contribution is 0.625. The van der Waals surface area contributed by atoms with Gasteiger partial charge < -0.3 is 11.1 Å². The van der Waals surface area contributed by atoms with Crippen molar-refractivity contribution in [2.24, 2.45) is 11.7 Å². The number of rotatable bonds is 5. The Balaban J connectivity index is 2.09. The minimum absolute atomic E-state index is 0.416. The largest absolute Gasteiger partial charge is 0.354 e. The third-order valence-corrected chi connectivity index (χ3v) is 3.12. The van der Waals surface area contributed by atoms with Crippen LogP contribution < -0.4 is 11.1 Å². The van der Waals surface area contributed by atoms with Crippen molar-refractivity contribution in [2.75, 3.05) is 18.4 Å². The minimum atomic E-state index is 0.416. The second-order valence-corrected chi connectivity index (χ2v) is 4.83. The van der Waals surface area contributed by atoms with E-state index in [1.807, 2.05) is 24.5 Å². The quantitative estimate of drug-likeness (QED) is 0.862. The topological polar surface area (TPSA) is 63.8 Å². The standard InChI is InChI=1S/C15H20N4/c1-11(7-16)8-17-15-18-9-13(10-19-15)14-6-4-3-5-12(14)2/h3-6,9-11H,7-8,16H2,1-2H3,(H,17,18,19). The molecule has 0 saturated carbocycles. The molecule has 100 valence electrons. The van der Waals surface area contributed by atoms with Crippen LogP contribution in [0.5, 0.6) is 0 Å². The van der Waals surface area contributed by atoms with Crippen molar-refractivity contribution in [1.82, 2.24) is 9.97 Å². The number of nitrogens with two attached hydrogens (primary N) is 1. The van der Waals surface area contributed by atoms with Gasteiger partial charge in [0.1, 0.15) is 0 Å². The van der Waals surface area contributed by atoms with Gasteiger partial charge in [-0.15, -0.1) is 0 Å². The maximum absolute atomic E-state index is 5.57. The molecule has 1 aromatic carbocycles. The summed E-state index contributed by atoms with van der Waals surface area (Å²) in [6, 6.07) is 8.23. The van der Waals surface area contributed by atoms with Crippen molar-refractivity contribution >= 4 is 5.95 Å². The van der Waals surface area contributed by atoms with Crippen molar-refractivity contribution in [1.29, 1.82) is 0 Å². The first-order valence-electron chi connectivity index (χ1n) is 6.52. The number of aromatic nitrogens is 2. The number of nitrogens with one attached hydrogen (secondary N) is 1. The van der Waals surface area contributed by atoms with E-state index in [0.29, 0.717) is 18.4 Å². The van der Waals surface area contributed by atoms with E-state index in [1.54, 1.807) is 0 Å². The molecule has 2 rings (SSSR count). The summed E-state index contributed by atoms with van der Waals surface area (Å²) < 4.78 is 0. The molecule has 0 aliphatic rings. The first-order chi connectivity index (χ1) is 9.20. The Morgan fingerprint density at radius 2 is 1.89 bits per heavy atom. The SMILES string of the molecule is Cc1ccccc1-c1cnc(NCC(C)CN)nc1. The van der Waals surface area contributed by atoms with Crippen LogP contribution in [0.3, 0.4) is 0 Å². The second-order valence-electron chi connectivity index (χ2n) is 4.83. The normalized spacial score (nSPS) is 12.2. The number of hydrogen-bond donors (Lipinski definition) is 2. The number of nitrogens with zero attached hydrogens (tertiary/aromatic N) is 2. The Morgan fingerprint density at radius 1 is 1.21 bits per heavy atom. The lowest BCUT2D eigenvalue weighted by Gasteiger charge is -2.10. The molecule has 3 N–H and O–H groups in total. The molecule has 0 amide bonds. The van der Waals surface area contributed by atoms with Crippen LogP contribution in [0.25, 0.3) is 11.1 Å². The maximum Gasteiger partial charge on any atom is 0.222 e. The molecule has 1 atom stereocenters. The Labute approximate surface area is 114 Å². The average Bonchev–Trinajstić information content (AvgIpc) is 2.46. The maximum atomic E-state index is 5.57. The van der Waals surface area contributed by atoms with Crippen LogP contribution in [0.1, 0.15) is 12.5 Å². The van der Waals surface area contributed by atoms with Gasteiger partial charge in [-0.1, -0.05) is 31.2 Å². The molecule has 1 aromatic heterocycles. The molecule has 0 saturated heterocycles. The monoisotopic (exact) mass is 256 g/mol. The summed E-state index contributed by atoms with van der Waals surface area (Å²) in [5.41, 5.74) is 9.01. The number of benzene rings is 1. The van der Waals surface area contributed by atoms with Gasteiger partial charge in [0, 0.05) is 24.5 Å². The van der Waals surface area contributed by atoms with E-state index in [0.717, 1.165) is 12.1 Å². The van der Waals surface area contributed by atoms with Gasteiger partial charge in [0.25, 0.3) is 0 Å². The fraction of sp³-hybridized carbons (Fsp3) is 0.333. The van der Waals surface area contributed by atoms with Crippen molar-refractivity contribution in [3.8, 4) is 11.1 Å². The summed E-state index contributed by atoms with van der Waals surface area (Å²) in [5.74, 6) is 1.07. The van der Waals surface area contributed by atoms with E-state index in [-0.39, 0.29) is 0 Å². The van der Waals surface area contributed by atoms with Crippen LogP contribution in [0, 0.1) is 12.8 Å². The predicted octanol–water partition coefficient (Wildman–Crippen LogP) is 2.46. The van der Waals surface area contributed by atoms with E-state index in [9.17, 15) is 0 Å². The van der Waals surface area contributed by atoms with Gasteiger partial charge in [-0.3, -0.25) is 0 Å². The molecule has 1 unspecified atom stereocenters. The van der Waals surface area contributed by atoms with E-state index in [1.165, 1.54) is 11.1 Å². The van der Waals surface area contributed by atoms with Gasteiger partial charge in [-0.25, -0.2) is 9.97 Å². The average molecular weight is 256 g/mol. The third-order valence-electron chi connectivity index (χ3n) is 3.12. The molecule has 0 radical (unpaired) electrons. The first kappa shape index (κ1) is 13.5. The lowest BCUT2D eigenvalue weighted by atomic mass is 10.0. The van der Waals surface area contributed by atoms with Crippen LogP contribution >= 0.6 is 0 Å². The smallest absolute Gasteiger partial charge is 0.222 e. The zero-order valence-electron chi connectivity index (χ0n) is 11.4. The van der Waals surface area contributed by atoms with E-state index in [2.05, 4.69) is 41.3 Å². The highest BCUT2D eigenvalue weighted by Crippen LogP contribution is 2.21. The fourth-order valence-corrected chi connectivity index (χ4v) is 1.80. The molecule has 4 heteroatoms. The van der Waals surface area contributed by atoms with Crippen LogP contribution in [0.15, 0.2) is 36.7 Å². The summed E-state index contributed by atoms with van der Waals surface area (Å²) in [4.78, 5) is 8.68. The molecular formula is C15H20N4.